The molecule has 21 heavy (non-hydrogen) atoms. The van der Waals surface area contributed by atoms with Crippen LogP contribution in [0.5, 0.6) is 5.75 Å². The number of carboxylic acids is 1. The van der Waals surface area contributed by atoms with Crippen molar-refractivity contribution in [2.75, 3.05) is 13.2 Å². The van der Waals surface area contributed by atoms with Crippen molar-refractivity contribution in [2.45, 2.75) is 39.7 Å². The van der Waals surface area contributed by atoms with E-state index in [2.05, 4.69) is 0 Å². The largest absolute Gasteiger partial charge is 0.494 e. The molecular formula is C16H23NO4. The maximum atomic E-state index is 12.3. The molecule has 0 spiro atoms. The number of amides is 1. The van der Waals surface area contributed by atoms with Gasteiger partial charge >= 0.3 is 5.97 Å². The third-order valence-electron chi connectivity index (χ3n) is 2.99. The molecule has 1 N–H and O–H groups in total. The van der Waals surface area contributed by atoms with Gasteiger partial charge in [-0.15, -0.1) is 0 Å². The van der Waals surface area contributed by atoms with Gasteiger partial charge in [0, 0.05) is 5.54 Å². The molecule has 0 atom stereocenters. The lowest BCUT2D eigenvalue weighted by Gasteiger charge is -2.34. The number of rotatable bonds is 6. The van der Waals surface area contributed by atoms with Crippen LogP contribution in [-0.2, 0) is 16.0 Å². The molecule has 5 heteroatoms. The van der Waals surface area contributed by atoms with Crippen LogP contribution >= 0.6 is 0 Å². The van der Waals surface area contributed by atoms with Gasteiger partial charge < -0.3 is 14.7 Å². The Balaban J connectivity index is 2.79. The first kappa shape index (κ1) is 17.0. The molecule has 0 bridgehead atoms. The molecule has 0 fully saturated rings. The maximum absolute atomic E-state index is 12.3. The van der Waals surface area contributed by atoms with Crippen molar-refractivity contribution in [3.63, 3.8) is 0 Å². The molecule has 1 rings (SSSR count). The van der Waals surface area contributed by atoms with Crippen LogP contribution in [0.1, 0.15) is 33.3 Å². The van der Waals surface area contributed by atoms with Crippen molar-refractivity contribution in [2.24, 2.45) is 0 Å². The Labute approximate surface area is 125 Å². The molecule has 0 radical (unpaired) electrons. The Kier molecular flexibility index (Phi) is 5.76. The van der Waals surface area contributed by atoms with Gasteiger partial charge in [0.15, 0.2) is 0 Å². The quantitative estimate of drug-likeness (QED) is 0.874. The van der Waals surface area contributed by atoms with Gasteiger partial charge in [-0.05, 0) is 45.4 Å². The SMILES string of the molecule is CCOc1ccc(CC(=O)N(CC(=O)O)C(C)(C)C)cc1. The smallest absolute Gasteiger partial charge is 0.323 e. The van der Waals surface area contributed by atoms with Crippen molar-refractivity contribution in [3.8, 4) is 5.75 Å². The second-order valence-corrected chi connectivity index (χ2v) is 5.80. The predicted octanol–water partition coefficient (Wildman–Crippen LogP) is 2.34. The molecule has 0 aliphatic rings. The second kappa shape index (κ2) is 7.11. The van der Waals surface area contributed by atoms with Gasteiger partial charge in [-0.2, -0.15) is 0 Å². The number of hydrogen-bond acceptors (Lipinski definition) is 3. The Morgan fingerprint density at radius 2 is 1.76 bits per heavy atom. The molecule has 0 saturated heterocycles. The highest BCUT2D eigenvalue weighted by molar-refractivity contribution is 5.83. The van der Waals surface area contributed by atoms with E-state index in [0.717, 1.165) is 11.3 Å². The molecule has 116 valence electrons. The monoisotopic (exact) mass is 293 g/mol. The maximum Gasteiger partial charge on any atom is 0.323 e. The van der Waals surface area contributed by atoms with Crippen LogP contribution in [-0.4, -0.2) is 40.6 Å². The van der Waals surface area contributed by atoms with Crippen LogP contribution in [0.15, 0.2) is 24.3 Å². The average Bonchev–Trinajstić information content (AvgIpc) is 2.37. The number of benzene rings is 1. The summed E-state index contributed by atoms with van der Waals surface area (Å²) < 4.78 is 5.35. The van der Waals surface area contributed by atoms with Crippen molar-refractivity contribution >= 4 is 11.9 Å². The lowest BCUT2D eigenvalue weighted by atomic mass is 10.0. The van der Waals surface area contributed by atoms with E-state index in [1.165, 1.54) is 4.90 Å². The number of carboxylic acid groups (broad SMARTS) is 1. The summed E-state index contributed by atoms with van der Waals surface area (Å²) in [6, 6.07) is 7.27. The fourth-order valence-corrected chi connectivity index (χ4v) is 1.97. The molecule has 5 nitrogen and oxygen atoms in total. The first-order valence-electron chi connectivity index (χ1n) is 6.98. The molecule has 0 saturated carbocycles. The third-order valence-corrected chi connectivity index (χ3v) is 2.99. The number of nitrogens with zero attached hydrogens (tertiary/aromatic N) is 1. The van der Waals surface area contributed by atoms with Crippen LogP contribution in [0.3, 0.4) is 0 Å². The summed E-state index contributed by atoms with van der Waals surface area (Å²) in [5, 5.41) is 8.95. The standard InChI is InChI=1S/C16H23NO4/c1-5-21-13-8-6-12(7-9-13)10-14(18)17(11-15(19)20)16(2,3)4/h6-9H,5,10-11H2,1-4H3,(H,19,20). The van der Waals surface area contributed by atoms with Crippen molar-refractivity contribution in [3.05, 3.63) is 29.8 Å². The Morgan fingerprint density at radius 1 is 1.19 bits per heavy atom. The number of carbonyl (C=O) groups excluding carboxylic acids is 1. The summed E-state index contributed by atoms with van der Waals surface area (Å²) in [4.78, 5) is 24.6. The van der Waals surface area contributed by atoms with Crippen LogP contribution in [0, 0.1) is 0 Å². The number of aliphatic carboxylic acids is 1. The van der Waals surface area contributed by atoms with E-state index in [4.69, 9.17) is 9.84 Å². The molecular weight excluding hydrogens is 270 g/mol. The molecule has 0 aliphatic carbocycles. The van der Waals surface area contributed by atoms with Crippen molar-refractivity contribution in [1.29, 1.82) is 0 Å². The summed E-state index contributed by atoms with van der Waals surface area (Å²) in [6.07, 6.45) is 0.178. The first-order valence-corrected chi connectivity index (χ1v) is 6.98. The van der Waals surface area contributed by atoms with Crippen LogP contribution in [0.25, 0.3) is 0 Å². The Hall–Kier alpha value is -2.04. The predicted molar refractivity (Wildman–Crippen MR) is 80.4 cm³/mol. The second-order valence-electron chi connectivity index (χ2n) is 5.80. The minimum absolute atomic E-state index is 0.178. The fraction of sp³-hybridized carbons (Fsp3) is 0.500. The van der Waals surface area contributed by atoms with E-state index in [-0.39, 0.29) is 18.9 Å². The molecule has 1 amide bonds. The molecule has 0 aromatic heterocycles. The highest BCUT2D eigenvalue weighted by Crippen LogP contribution is 2.17. The third kappa shape index (κ3) is 5.45. The van der Waals surface area contributed by atoms with Gasteiger partial charge in [-0.1, -0.05) is 12.1 Å². The molecule has 0 unspecified atom stereocenters. The zero-order valence-electron chi connectivity index (χ0n) is 13.0. The summed E-state index contributed by atoms with van der Waals surface area (Å²) in [5.74, 6) is -0.453. The van der Waals surface area contributed by atoms with Gasteiger partial charge in [-0.25, -0.2) is 0 Å². The summed E-state index contributed by atoms with van der Waals surface area (Å²) in [6.45, 7) is 7.68. The van der Waals surface area contributed by atoms with E-state index in [1.807, 2.05) is 52.0 Å². The van der Waals surface area contributed by atoms with Gasteiger partial charge in [0.25, 0.3) is 0 Å². The normalized spacial score (nSPS) is 11.0. The topological polar surface area (TPSA) is 66.8 Å². The van der Waals surface area contributed by atoms with E-state index in [0.29, 0.717) is 6.61 Å². The highest BCUT2D eigenvalue weighted by Gasteiger charge is 2.28. The molecule has 1 aromatic carbocycles. The summed E-state index contributed by atoms with van der Waals surface area (Å²) >= 11 is 0. The Morgan fingerprint density at radius 3 is 2.19 bits per heavy atom. The van der Waals surface area contributed by atoms with E-state index in [1.54, 1.807) is 0 Å². The lowest BCUT2D eigenvalue weighted by molar-refractivity contribution is -0.147. The summed E-state index contributed by atoms with van der Waals surface area (Å²) in [7, 11) is 0. The van der Waals surface area contributed by atoms with Crippen LogP contribution in [0.4, 0.5) is 0 Å². The first-order chi connectivity index (χ1) is 9.74. The fourth-order valence-electron chi connectivity index (χ4n) is 1.97. The molecule has 0 heterocycles. The number of ether oxygens (including phenoxy) is 1. The van der Waals surface area contributed by atoms with E-state index >= 15 is 0 Å². The molecule has 1 aromatic rings. The average molecular weight is 293 g/mol. The van der Waals surface area contributed by atoms with Gasteiger partial charge in [0.1, 0.15) is 12.3 Å². The van der Waals surface area contributed by atoms with E-state index in [9.17, 15) is 9.59 Å². The zero-order valence-corrected chi connectivity index (χ0v) is 13.0. The minimum atomic E-state index is -1.01. The van der Waals surface area contributed by atoms with Gasteiger partial charge in [0.2, 0.25) is 5.91 Å². The van der Waals surface area contributed by atoms with Crippen LogP contribution < -0.4 is 4.74 Å². The summed E-state index contributed by atoms with van der Waals surface area (Å²) in [5.41, 5.74) is 0.309. The van der Waals surface area contributed by atoms with Crippen LogP contribution in [0.2, 0.25) is 0 Å². The number of carbonyl (C=O) groups is 2. The van der Waals surface area contributed by atoms with Crippen molar-refractivity contribution in [1.82, 2.24) is 4.90 Å². The molecule has 0 aliphatic heterocycles. The minimum Gasteiger partial charge on any atom is -0.494 e. The van der Waals surface area contributed by atoms with Gasteiger partial charge in [-0.3, -0.25) is 9.59 Å². The van der Waals surface area contributed by atoms with Crippen molar-refractivity contribution < 1.29 is 19.4 Å². The lowest BCUT2D eigenvalue weighted by Crippen LogP contribution is -2.48. The highest BCUT2D eigenvalue weighted by atomic mass is 16.5. The Bertz CT molecular complexity index is 488. The zero-order chi connectivity index (χ0) is 16.0. The van der Waals surface area contributed by atoms with E-state index < -0.39 is 11.5 Å². The number of hydrogen-bond donors (Lipinski definition) is 1. The van der Waals surface area contributed by atoms with Gasteiger partial charge in [0.05, 0.1) is 13.0 Å².